The van der Waals surface area contributed by atoms with Crippen molar-refractivity contribution in [1.29, 1.82) is 0 Å². The predicted molar refractivity (Wildman–Crippen MR) is 408 cm³/mol. The summed E-state index contributed by atoms with van der Waals surface area (Å²) in [7, 11) is 0. The molecule has 5 heteroatoms. The quantitative estimate of drug-likeness (QED) is 0.0373. The largest absolute Gasteiger partial charge is 0.462 e. The van der Waals surface area contributed by atoms with Crippen molar-refractivity contribution in [2.75, 3.05) is 13.2 Å². The fraction of sp³-hybridized carbons (Fsp3) is 0.747. The molecule has 0 aromatic carbocycles. The molecule has 0 aromatic rings. The van der Waals surface area contributed by atoms with Crippen LogP contribution in [0.2, 0.25) is 0 Å². The molecule has 0 aromatic heterocycles. The molecular weight excluding hydrogens is 1120 g/mol. The van der Waals surface area contributed by atoms with Crippen LogP contribution in [0.1, 0.15) is 399 Å². The summed E-state index contributed by atoms with van der Waals surface area (Å²) in [5, 5.41) is 9.73. The van der Waals surface area contributed by atoms with Crippen molar-refractivity contribution < 1.29 is 24.2 Å². The first-order chi connectivity index (χ1) is 45.6. The number of hydrogen-bond donors (Lipinski definition) is 1. The zero-order valence-corrected chi connectivity index (χ0v) is 61.0. The van der Waals surface area contributed by atoms with Gasteiger partial charge in [-0.3, -0.25) is 9.59 Å². The van der Waals surface area contributed by atoms with Gasteiger partial charge in [0.2, 0.25) is 0 Å². The summed E-state index contributed by atoms with van der Waals surface area (Å²) >= 11 is 0. The molecule has 0 radical (unpaired) electrons. The maximum absolute atomic E-state index is 12.4. The molecule has 0 fully saturated rings. The molecule has 1 atom stereocenters. The fourth-order valence-electron chi connectivity index (χ4n) is 11.9. The van der Waals surface area contributed by atoms with Crippen LogP contribution in [-0.4, -0.2) is 36.4 Å². The molecule has 0 spiro atoms. The average molecular weight is 1280 g/mol. The van der Waals surface area contributed by atoms with Gasteiger partial charge in [0.15, 0.2) is 6.10 Å². The first kappa shape index (κ1) is 88.3. The normalized spacial score (nSPS) is 12.9. The van der Waals surface area contributed by atoms with Gasteiger partial charge >= 0.3 is 11.9 Å². The molecule has 530 valence electrons. The van der Waals surface area contributed by atoms with Crippen molar-refractivity contribution in [1.82, 2.24) is 0 Å². The first-order valence-corrected chi connectivity index (χ1v) is 40.1. The lowest BCUT2D eigenvalue weighted by molar-refractivity contribution is -0.161. The van der Waals surface area contributed by atoms with E-state index in [9.17, 15) is 14.7 Å². The van der Waals surface area contributed by atoms with Crippen molar-refractivity contribution >= 4 is 11.9 Å². The van der Waals surface area contributed by atoms with E-state index >= 15 is 0 Å². The number of aliphatic hydroxyl groups is 1. The molecule has 0 saturated carbocycles. The Balaban J connectivity index is 3.40. The summed E-state index contributed by atoms with van der Waals surface area (Å²) < 4.78 is 10.8. The minimum absolute atomic E-state index is 0.0632. The van der Waals surface area contributed by atoms with Crippen LogP contribution in [0.5, 0.6) is 0 Å². The van der Waals surface area contributed by atoms with E-state index < -0.39 is 6.10 Å². The van der Waals surface area contributed by atoms with Gasteiger partial charge in [-0.15, -0.1) is 0 Å². The zero-order valence-electron chi connectivity index (χ0n) is 61.0. The molecule has 92 heavy (non-hydrogen) atoms. The molecule has 0 aliphatic carbocycles. The highest BCUT2D eigenvalue weighted by molar-refractivity contribution is 5.70. The Labute approximate surface area is 573 Å². The molecule has 0 heterocycles. The standard InChI is InChI=1S/C87H152O5/c1-3-5-7-9-11-13-15-17-19-21-23-25-27-29-31-33-35-37-39-41-43-45-47-49-51-53-55-57-59-61-63-65-67-69-71-73-75-77-79-81-86(89)91-84-85(83-88)92-87(90)82-80-78-76-74-72-70-68-66-64-62-60-58-56-54-52-50-48-46-44-42-40-38-36-34-32-30-28-26-24-22-20-18-16-14-12-10-8-6-4-2/h5-8,11-14,17-20,23-26,30,32,36,38,85,88H,3-4,9-10,15-16,21-22,27-29,31,33-35,37,39-84H2,1-2H3/b7-5-,8-6-,13-11-,14-12-,19-17-,20-18-,25-23-,26-24-,32-30-,38-36-. The molecule has 0 amide bonds. The third-order valence-electron chi connectivity index (χ3n) is 17.8. The second-order valence-electron chi connectivity index (χ2n) is 26.7. The maximum atomic E-state index is 12.4. The van der Waals surface area contributed by atoms with Crippen LogP contribution in [0.3, 0.4) is 0 Å². The number of unbranched alkanes of at least 4 members (excludes halogenated alkanes) is 46. The summed E-state index contributed by atoms with van der Waals surface area (Å²) in [6.07, 6.45) is 120. The Morgan fingerprint density at radius 3 is 0.652 bits per heavy atom. The SMILES string of the molecule is CC/C=C\C/C=C\C/C=C\C/C=C\C/C=C\C/C=C\CCCCCCCCCCCCCCCCCCCCCCC(=O)OC(CO)COC(=O)CCCCCCCCCCCCCCCCCCCCCCCCCCCC/C=C\C/C=C\C/C=C\C/C=C\CC. The lowest BCUT2D eigenvalue weighted by Gasteiger charge is -2.15. The summed E-state index contributed by atoms with van der Waals surface area (Å²) in [6.45, 7) is 3.96. The molecule has 0 bridgehead atoms. The van der Waals surface area contributed by atoms with Gasteiger partial charge in [-0.25, -0.2) is 0 Å². The monoisotopic (exact) mass is 1280 g/mol. The highest BCUT2D eigenvalue weighted by Crippen LogP contribution is 2.19. The predicted octanol–water partition coefficient (Wildman–Crippen LogP) is 28.4. The van der Waals surface area contributed by atoms with Crippen LogP contribution in [0.25, 0.3) is 0 Å². The van der Waals surface area contributed by atoms with E-state index in [2.05, 4.69) is 135 Å². The summed E-state index contributed by atoms with van der Waals surface area (Å²) in [6, 6.07) is 0. The van der Waals surface area contributed by atoms with Gasteiger partial charge in [0.1, 0.15) is 6.61 Å². The smallest absolute Gasteiger partial charge is 0.306 e. The molecule has 1 unspecified atom stereocenters. The van der Waals surface area contributed by atoms with Crippen molar-refractivity contribution in [2.24, 2.45) is 0 Å². The van der Waals surface area contributed by atoms with Gasteiger partial charge in [-0.1, -0.05) is 405 Å². The maximum Gasteiger partial charge on any atom is 0.306 e. The van der Waals surface area contributed by atoms with Crippen LogP contribution >= 0.6 is 0 Å². The Morgan fingerprint density at radius 2 is 0.435 bits per heavy atom. The number of carbonyl (C=O) groups excluding carboxylic acids is 2. The Morgan fingerprint density at radius 1 is 0.250 bits per heavy atom. The van der Waals surface area contributed by atoms with Gasteiger partial charge in [0.05, 0.1) is 6.61 Å². The number of carbonyl (C=O) groups is 2. The minimum Gasteiger partial charge on any atom is -0.462 e. The second kappa shape index (κ2) is 81.5. The lowest BCUT2D eigenvalue weighted by atomic mass is 10.0. The molecule has 0 aliphatic rings. The van der Waals surface area contributed by atoms with Crippen LogP contribution < -0.4 is 0 Å². The summed E-state index contributed by atoms with van der Waals surface area (Å²) in [4.78, 5) is 24.7. The van der Waals surface area contributed by atoms with E-state index in [-0.39, 0.29) is 25.2 Å². The molecule has 1 N–H and O–H groups in total. The highest BCUT2D eigenvalue weighted by atomic mass is 16.6. The third-order valence-corrected chi connectivity index (χ3v) is 17.8. The third kappa shape index (κ3) is 78.7. The van der Waals surface area contributed by atoms with Crippen molar-refractivity contribution in [3.8, 4) is 0 Å². The van der Waals surface area contributed by atoms with Crippen molar-refractivity contribution in [2.45, 2.75) is 405 Å². The van der Waals surface area contributed by atoms with Gasteiger partial charge in [-0.05, 0) is 103 Å². The number of allylic oxidation sites excluding steroid dienone is 20. The Bertz CT molecular complexity index is 1790. The van der Waals surface area contributed by atoms with Crippen molar-refractivity contribution in [3.05, 3.63) is 122 Å². The molecular formula is C87H152O5. The Hall–Kier alpha value is -3.70. The molecule has 5 nitrogen and oxygen atoms in total. The van der Waals surface area contributed by atoms with E-state index in [1.165, 1.54) is 270 Å². The van der Waals surface area contributed by atoms with E-state index in [1.807, 2.05) is 0 Å². The van der Waals surface area contributed by atoms with Gasteiger partial charge in [0.25, 0.3) is 0 Å². The second-order valence-corrected chi connectivity index (χ2v) is 26.7. The minimum atomic E-state index is -0.775. The lowest BCUT2D eigenvalue weighted by Crippen LogP contribution is -2.28. The molecule has 0 rings (SSSR count). The number of ether oxygens (including phenoxy) is 2. The zero-order chi connectivity index (χ0) is 66.1. The van der Waals surface area contributed by atoms with Gasteiger partial charge in [-0.2, -0.15) is 0 Å². The highest BCUT2D eigenvalue weighted by Gasteiger charge is 2.16. The number of aliphatic hydroxyl groups excluding tert-OH is 1. The van der Waals surface area contributed by atoms with Gasteiger partial charge < -0.3 is 14.6 Å². The average Bonchev–Trinajstić information content (AvgIpc) is 3.75. The summed E-state index contributed by atoms with van der Waals surface area (Å²) in [5.74, 6) is -0.571. The fourth-order valence-corrected chi connectivity index (χ4v) is 11.9. The molecule has 0 saturated heterocycles. The number of rotatable bonds is 74. The van der Waals surface area contributed by atoms with Crippen LogP contribution in [-0.2, 0) is 19.1 Å². The summed E-state index contributed by atoms with van der Waals surface area (Å²) in [5.41, 5.74) is 0. The van der Waals surface area contributed by atoms with Crippen LogP contribution in [0.4, 0.5) is 0 Å². The van der Waals surface area contributed by atoms with Crippen LogP contribution in [0.15, 0.2) is 122 Å². The Kier molecular flexibility index (Phi) is 78.3. The van der Waals surface area contributed by atoms with Crippen LogP contribution in [0, 0.1) is 0 Å². The number of esters is 2. The van der Waals surface area contributed by atoms with Crippen molar-refractivity contribution in [3.63, 3.8) is 0 Å². The van der Waals surface area contributed by atoms with E-state index in [4.69, 9.17) is 9.47 Å². The first-order valence-electron chi connectivity index (χ1n) is 40.1. The molecule has 0 aliphatic heterocycles. The topological polar surface area (TPSA) is 72.8 Å². The van der Waals surface area contributed by atoms with E-state index in [1.54, 1.807) is 0 Å². The number of hydrogen-bond acceptors (Lipinski definition) is 5. The van der Waals surface area contributed by atoms with Gasteiger partial charge in [0, 0.05) is 12.8 Å². The van der Waals surface area contributed by atoms with E-state index in [0.29, 0.717) is 12.8 Å². The van der Waals surface area contributed by atoms with E-state index in [0.717, 1.165) is 103 Å².